The number of halogens is 1. The first kappa shape index (κ1) is 20.4. The van der Waals surface area contributed by atoms with Gasteiger partial charge < -0.3 is 10.1 Å². The van der Waals surface area contributed by atoms with Gasteiger partial charge in [-0.25, -0.2) is 14.2 Å². The Morgan fingerprint density at radius 1 is 1.17 bits per heavy atom. The minimum atomic E-state index is -0.692. The highest BCUT2D eigenvalue weighted by atomic mass is 19.1. The van der Waals surface area contributed by atoms with Gasteiger partial charge in [0.05, 0.1) is 18.9 Å². The second-order valence-corrected chi connectivity index (χ2v) is 6.12. The number of nitriles is 1. The molecule has 8 nitrogen and oxygen atoms in total. The summed E-state index contributed by atoms with van der Waals surface area (Å²) in [5.41, 5.74) is 0.206. The second-order valence-electron chi connectivity index (χ2n) is 6.12. The van der Waals surface area contributed by atoms with E-state index in [4.69, 9.17) is 5.26 Å². The van der Waals surface area contributed by atoms with E-state index in [1.54, 1.807) is 6.07 Å². The molecule has 0 bridgehead atoms. The maximum Gasteiger partial charge on any atom is 0.337 e. The fourth-order valence-electron chi connectivity index (χ4n) is 2.70. The molecule has 0 radical (unpaired) electrons. The van der Waals surface area contributed by atoms with Crippen molar-refractivity contribution in [1.82, 2.24) is 9.55 Å². The quantitative estimate of drug-likeness (QED) is 0.651. The molecular formula is C21H15FN4O4. The van der Waals surface area contributed by atoms with E-state index in [9.17, 15) is 18.8 Å². The van der Waals surface area contributed by atoms with Gasteiger partial charge in [0.25, 0.3) is 5.56 Å². The minimum absolute atomic E-state index is 0.121. The number of methoxy groups -OCH3 is 1. The molecule has 0 fully saturated rings. The van der Waals surface area contributed by atoms with E-state index in [0.717, 1.165) is 10.8 Å². The first-order valence-electron chi connectivity index (χ1n) is 8.67. The van der Waals surface area contributed by atoms with Crippen LogP contribution in [-0.4, -0.2) is 28.5 Å². The Bertz CT molecular complexity index is 1200. The predicted octanol–water partition coefficient (Wildman–Crippen LogP) is 2.35. The number of carbonyl (C=O) groups excluding carboxylic acids is 2. The van der Waals surface area contributed by atoms with Crippen LogP contribution in [-0.2, 0) is 16.1 Å². The lowest BCUT2D eigenvalue weighted by atomic mass is 10.2. The van der Waals surface area contributed by atoms with Crippen LogP contribution in [0.4, 0.5) is 10.1 Å². The van der Waals surface area contributed by atoms with E-state index in [0.29, 0.717) is 16.8 Å². The Balaban J connectivity index is 1.88. The lowest BCUT2D eigenvalue weighted by Crippen LogP contribution is -2.31. The molecule has 3 rings (SSSR count). The lowest BCUT2D eigenvalue weighted by Gasteiger charge is -2.13. The van der Waals surface area contributed by atoms with Crippen LogP contribution in [0.3, 0.4) is 0 Å². The third kappa shape index (κ3) is 4.39. The van der Waals surface area contributed by atoms with E-state index in [1.165, 1.54) is 55.6 Å². The smallest absolute Gasteiger partial charge is 0.337 e. The van der Waals surface area contributed by atoms with Gasteiger partial charge in [0.1, 0.15) is 29.8 Å². The molecule has 0 aliphatic rings. The summed E-state index contributed by atoms with van der Waals surface area (Å²) in [7, 11) is 1.26. The summed E-state index contributed by atoms with van der Waals surface area (Å²) in [6.07, 6.45) is 1.11. The molecule has 30 heavy (non-hydrogen) atoms. The van der Waals surface area contributed by atoms with Crippen molar-refractivity contribution in [3.8, 4) is 17.5 Å². The Morgan fingerprint density at radius 3 is 2.43 bits per heavy atom. The van der Waals surface area contributed by atoms with Crippen molar-refractivity contribution in [3.05, 3.63) is 82.0 Å². The van der Waals surface area contributed by atoms with Gasteiger partial charge in [-0.05, 0) is 48.5 Å². The van der Waals surface area contributed by atoms with E-state index >= 15 is 0 Å². The van der Waals surface area contributed by atoms with Crippen molar-refractivity contribution in [1.29, 1.82) is 5.26 Å². The molecule has 0 spiro atoms. The number of nitrogens with zero attached hydrogens (tertiary/aromatic N) is 3. The molecule has 3 aromatic rings. The Labute approximate surface area is 170 Å². The first-order chi connectivity index (χ1) is 14.4. The van der Waals surface area contributed by atoms with E-state index in [-0.39, 0.29) is 11.4 Å². The summed E-state index contributed by atoms with van der Waals surface area (Å²) in [6.45, 7) is -0.424. The van der Waals surface area contributed by atoms with Crippen LogP contribution in [0.25, 0.3) is 11.4 Å². The molecule has 150 valence electrons. The summed E-state index contributed by atoms with van der Waals surface area (Å²) in [5.74, 6) is -1.41. The number of carbonyl (C=O) groups is 2. The lowest BCUT2D eigenvalue weighted by molar-refractivity contribution is -0.116. The number of hydrogen-bond acceptors (Lipinski definition) is 6. The van der Waals surface area contributed by atoms with Gasteiger partial charge in [0, 0.05) is 11.3 Å². The van der Waals surface area contributed by atoms with Crippen LogP contribution in [0.5, 0.6) is 0 Å². The zero-order chi connectivity index (χ0) is 21.7. The van der Waals surface area contributed by atoms with Crippen molar-refractivity contribution in [2.24, 2.45) is 0 Å². The van der Waals surface area contributed by atoms with Crippen LogP contribution >= 0.6 is 0 Å². The number of nitrogens with one attached hydrogen (secondary N) is 1. The Morgan fingerprint density at radius 2 is 1.83 bits per heavy atom. The highest BCUT2D eigenvalue weighted by molar-refractivity contribution is 5.93. The van der Waals surface area contributed by atoms with Gasteiger partial charge in [-0.15, -0.1) is 0 Å². The number of amides is 1. The van der Waals surface area contributed by atoms with Crippen LogP contribution in [0.15, 0.2) is 59.5 Å². The summed E-state index contributed by atoms with van der Waals surface area (Å²) in [5, 5.41) is 11.7. The van der Waals surface area contributed by atoms with Crippen molar-refractivity contribution >= 4 is 17.6 Å². The maximum absolute atomic E-state index is 13.2. The molecule has 9 heteroatoms. The van der Waals surface area contributed by atoms with Crippen LogP contribution in [0.1, 0.15) is 15.9 Å². The number of benzene rings is 2. The largest absolute Gasteiger partial charge is 0.465 e. The van der Waals surface area contributed by atoms with Gasteiger partial charge >= 0.3 is 5.97 Å². The summed E-state index contributed by atoms with van der Waals surface area (Å²) in [6, 6.07) is 13.0. The van der Waals surface area contributed by atoms with Gasteiger partial charge in [0.2, 0.25) is 5.91 Å². The minimum Gasteiger partial charge on any atom is -0.465 e. The Kier molecular flexibility index (Phi) is 5.98. The molecule has 1 amide bonds. The molecular weight excluding hydrogens is 391 g/mol. The molecule has 0 unspecified atom stereocenters. The number of aromatic nitrogens is 2. The first-order valence-corrected chi connectivity index (χ1v) is 8.67. The van der Waals surface area contributed by atoms with Crippen LogP contribution in [0, 0.1) is 17.1 Å². The van der Waals surface area contributed by atoms with E-state index in [2.05, 4.69) is 15.0 Å². The molecule has 1 heterocycles. The fraction of sp³-hybridized carbons (Fsp3) is 0.0952. The standard InChI is InChI=1S/C21H15FN4O4/c1-30-21(29)14-4-8-17(9-5-14)25-18(27)12-26-19(13-2-6-16(22)7-3-13)24-11-15(10-23)20(26)28/h2-9,11H,12H2,1H3,(H,25,27). The zero-order valence-electron chi connectivity index (χ0n) is 15.8. The molecule has 1 aromatic heterocycles. The third-order valence-electron chi connectivity index (χ3n) is 4.16. The summed E-state index contributed by atoms with van der Waals surface area (Å²) in [4.78, 5) is 40.7. The molecule has 0 aliphatic heterocycles. The van der Waals surface area contributed by atoms with Gasteiger partial charge in [0.15, 0.2) is 0 Å². The molecule has 2 aromatic carbocycles. The molecule has 0 aliphatic carbocycles. The van der Waals surface area contributed by atoms with Crippen molar-refractivity contribution in [3.63, 3.8) is 0 Å². The van der Waals surface area contributed by atoms with E-state index < -0.39 is 29.8 Å². The number of anilines is 1. The van der Waals surface area contributed by atoms with Crippen LogP contribution < -0.4 is 10.9 Å². The van der Waals surface area contributed by atoms with Gasteiger partial charge in [-0.1, -0.05) is 0 Å². The number of ether oxygens (including phenoxy) is 1. The van der Waals surface area contributed by atoms with Gasteiger partial charge in [-0.3, -0.25) is 14.2 Å². The highest BCUT2D eigenvalue weighted by Crippen LogP contribution is 2.17. The normalized spacial score (nSPS) is 10.2. The number of hydrogen-bond donors (Lipinski definition) is 1. The SMILES string of the molecule is COC(=O)c1ccc(NC(=O)Cn2c(-c3ccc(F)cc3)ncc(C#N)c2=O)cc1. The van der Waals surface area contributed by atoms with Gasteiger partial charge in [-0.2, -0.15) is 5.26 Å². The summed E-state index contributed by atoms with van der Waals surface area (Å²) >= 11 is 0. The fourth-order valence-corrected chi connectivity index (χ4v) is 2.70. The van der Waals surface area contributed by atoms with Crippen molar-refractivity contribution in [2.75, 3.05) is 12.4 Å². The molecule has 1 N–H and O–H groups in total. The summed E-state index contributed by atoms with van der Waals surface area (Å²) < 4.78 is 18.9. The van der Waals surface area contributed by atoms with Crippen molar-refractivity contribution < 1.29 is 18.7 Å². The number of rotatable bonds is 5. The average Bonchev–Trinajstić information content (AvgIpc) is 2.76. The molecule has 0 atom stereocenters. The van der Waals surface area contributed by atoms with E-state index in [1.807, 2.05) is 0 Å². The Hall–Kier alpha value is -4.32. The third-order valence-corrected chi connectivity index (χ3v) is 4.16. The molecule has 0 saturated carbocycles. The van der Waals surface area contributed by atoms with Crippen LogP contribution in [0.2, 0.25) is 0 Å². The highest BCUT2D eigenvalue weighted by Gasteiger charge is 2.15. The topological polar surface area (TPSA) is 114 Å². The zero-order valence-corrected chi connectivity index (χ0v) is 15.8. The monoisotopic (exact) mass is 406 g/mol. The second kappa shape index (κ2) is 8.79. The van der Waals surface area contributed by atoms with Crippen molar-refractivity contribution in [2.45, 2.75) is 6.54 Å². The average molecular weight is 406 g/mol. The predicted molar refractivity (Wildman–Crippen MR) is 105 cm³/mol. The number of esters is 1. The maximum atomic E-state index is 13.2. The molecule has 0 saturated heterocycles.